The Morgan fingerprint density at radius 2 is 1.54 bits per heavy atom. The molecule has 1 aliphatic heterocycles. The molecule has 2 N–H and O–H groups in total. The number of halogens is 3. The summed E-state index contributed by atoms with van der Waals surface area (Å²) in [6.45, 7) is 0.0183. The molecule has 1 heterocycles. The molecular weight excluding hydrogens is 601 g/mol. The van der Waals surface area contributed by atoms with Gasteiger partial charge in [0.05, 0.1) is 19.2 Å². The lowest BCUT2D eigenvalue weighted by molar-refractivity contribution is -0.142. The lowest BCUT2D eigenvalue weighted by Gasteiger charge is -2.35. The number of carboxylic acids is 1. The molecule has 0 bridgehead atoms. The van der Waals surface area contributed by atoms with Gasteiger partial charge in [-0.1, -0.05) is 72.8 Å². The van der Waals surface area contributed by atoms with Gasteiger partial charge in [0.1, 0.15) is 24.4 Å². The zero-order chi connectivity index (χ0) is 32.8. The smallest absolute Gasteiger partial charge is 0.416 e. The SMILES string of the molecule is COC(=O)N1Cc2cc(OCc3ccc(C(F)(F)F)cc3)ccc2C[C@H]1C(=O)N[C@@H](Cc1ccc(-c2ccccc2)cc1)C(=O)O. The summed E-state index contributed by atoms with van der Waals surface area (Å²) >= 11 is 0. The summed E-state index contributed by atoms with van der Waals surface area (Å²) in [6, 6.07) is 24.7. The number of nitrogens with zero attached hydrogens (tertiary/aromatic N) is 1. The standard InChI is InChI=1S/C35H31F3N2O6/c1-45-34(44)40-20-27-18-29(46-21-23-9-14-28(15-10-23)35(36,37)38)16-13-26(27)19-31(40)32(41)39-30(33(42)43)17-22-7-11-25(12-8-22)24-5-3-2-4-6-24/h2-16,18,30-31H,17,19-21H2,1H3,(H,39,41)(H,42,43)/t30-,31-/m0/s1. The second-order valence-electron chi connectivity index (χ2n) is 10.9. The maximum Gasteiger partial charge on any atom is 0.416 e. The van der Waals surface area contributed by atoms with Gasteiger partial charge in [-0.2, -0.15) is 13.2 Å². The number of ether oxygens (including phenoxy) is 2. The maximum atomic E-state index is 13.5. The van der Waals surface area contributed by atoms with Crippen molar-refractivity contribution in [2.75, 3.05) is 7.11 Å². The highest BCUT2D eigenvalue weighted by Crippen LogP contribution is 2.31. The fraction of sp³-hybridized carbons (Fsp3) is 0.229. The van der Waals surface area contributed by atoms with E-state index in [4.69, 9.17) is 9.47 Å². The summed E-state index contributed by atoms with van der Waals surface area (Å²) in [5.41, 5.74) is 3.95. The van der Waals surface area contributed by atoms with Crippen molar-refractivity contribution in [2.24, 2.45) is 0 Å². The number of amides is 2. The molecule has 4 aromatic rings. The average Bonchev–Trinajstić information content (AvgIpc) is 3.06. The molecule has 0 spiro atoms. The van der Waals surface area contributed by atoms with Crippen LogP contribution < -0.4 is 10.1 Å². The predicted octanol–water partition coefficient (Wildman–Crippen LogP) is 6.26. The molecule has 0 aliphatic carbocycles. The van der Waals surface area contributed by atoms with E-state index in [0.717, 1.165) is 34.4 Å². The van der Waals surface area contributed by atoms with Gasteiger partial charge in [-0.3, -0.25) is 9.69 Å². The first-order valence-electron chi connectivity index (χ1n) is 14.4. The summed E-state index contributed by atoms with van der Waals surface area (Å²) in [6.07, 6.45) is -5.04. The number of carbonyl (C=O) groups is 3. The first-order chi connectivity index (χ1) is 22.0. The van der Waals surface area contributed by atoms with Gasteiger partial charge in [-0.25, -0.2) is 9.59 Å². The average molecular weight is 633 g/mol. The largest absolute Gasteiger partial charge is 0.489 e. The lowest BCUT2D eigenvalue weighted by Crippen LogP contribution is -2.55. The van der Waals surface area contributed by atoms with Gasteiger partial charge in [0.25, 0.3) is 0 Å². The Morgan fingerprint density at radius 3 is 2.17 bits per heavy atom. The molecule has 1 aliphatic rings. The van der Waals surface area contributed by atoms with Crippen molar-refractivity contribution in [3.63, 3.8) is 0 Å². The van der Waals surface area contributed by atoms with Crippen LogP contribution in [0.3, 0.4) is 0 Å². The van der Waals surface area contributed by atoms with Crippen LogP contribution in [0.5, 0.6) is 5.75 Å². The summed E-state index contributed by atoms with van der Waals surface area (Å²) in [5, 5.41) is 12.5. The van der Waals surface area contributed by atoms with Gasteiger partial charge < -0.3 is 19.9 Å². The molecule has 4 aromatic carbocycles. The number of aliphatic carboxylic acids is 1. The molecule has 0 aromatic heterocycles. The number of methoxy groups -OCH3 is 1. The van der Waals surface area contributed by atoms with Crippen LogP contribution in [0.4, 0.5) is 18.0 Å². The number of nitrogens with one attached hydrogen (secondary N) is 1. The third kappa shape index (κ3) is 7.66. The van der Waals surface area contributed by atoms with E-state index in [2.05, 4.69) is 5.32 Å². The minimum absolute atomic E-state index is 0.00371. The van der Waals surface area contributed by atoms with Crippen molar-refractivity contribution in [1.29, 1.82) is 0 Å². The topological polar surface area (TPSA) is 105 Å². The molecule has 0 unspecified atom stereocenters. The fourth-order valence-corrected chi connectivity index (χ4v) is 5.32. The van der Waals surface area contributed by atoms with E-state index in [0.29, 0.717) is 16.9 Å². The first kappa shape index (κ1) is 32.1. The molecule has 0 fully saturated rings. The van der Waals surface area contributed by atoms with Crippen LogP contribution in [0.2, 0.25) is 0 Å². The van der Waals surface area contributed by atoms with Crippen molar-refractivity contribution in [3.05, 3.63) is 125 Å². The molecule has 5 rings (SSSR count). The maximum absolute atomic E-state index is 13.5. The Morgan fingerprint density at radius 1 is 0.891 bits per heavy atom. The van der Waals surface area contributed by atoms with Crippen LogP contribution in [-0.2, 0) is 46.5 Å². The molecule has 0 saturated carbocycles. The normalized spacial score (nSPS) is 15.0. The van der Waals surface area contributed by atoms with E-state index in [1.165, 1.54) is 24.1 Å². The van der Waals surface area contributed by atoms with Crippen LogP contribution in [-0.4, -0.2) is 47.2 Å². The summed E-state index contributed by atoms with van der Waals surface area (Å²) in [5.74, 6) is -1.42. The van der Waals surface area contributed by atoms with Crippen LogP contribution in [0, 0.1) is 0 Å². The third-order valence-electron chi connectivity index (χ3n) is 7.82. The number of benzene rings is 4. The molecule has 0 radical (unpaired) electrons. The highest BCUT2D eigenvalue weighted by molar-refractivity contribution is 5.90. The van der Waals surface area contributed by atoms with Gasteiger partial charge in [0.2, 0.25) is 5.91 Å². The molecule has 238 valence electrons. The van der Waals surface area contributed by atoms with Crippen LogP contribution in [0.25, 0.3) is 11.1 Å². The van der Waals surface area contributed by atoms with Gasteiger partial charge in [0, 0.05) is 12.8 Å². The highest BCUT2D eigenvalue weighted by Gasteiger charge is 2.37. The Labute approximate surface area is 263 Å². The quantitative estimate of drug-likeness (QED) is 0.226. The molecule has 2 atom stereocenters. The van der Waals surface area contributed by atoms with E-state index in [1.54, 1.807) is 18.2 Å². The third-order valence-corrected chi connectivity index (χ3v) is 7.82. The first-order valence-corrected chi connectivity index (χ1v) is 14.4. The van der Waals surface area contributed by atoms with Gasteiger partial charge in [-0.15, -0.1) is 0 Å². The van der Waals surface area contributed by atoms with E-state index >= 15 is 0 Å². The van der Waals surface area contributed by atoms with E-state index < -0.39 is 41.8 Å². The second kappa shape index (κ2) is 13.8. The van der Waals surface area contributed by atoms with Crippen molar-refractivity contribution >= 4 is 18.0 Å². The Kier molecular flexibility index (Phi) is 9.60. The number of hydrogen-bond acceptors (Lipinski definition) is 5. The molecule has 11 heteroatoms. The van der Waals surface area contributed by atoms with Crippen LogP contribution in [0.1, 0.15) is 27.8 Å². The highest BCUT2D eigenvalue weighted by atomic mass is 19.4. The van der Waals surface area contributed by atoms with Crippen molar-refractivity contribution in [2.45, 2.75) is 44.3 Å². The molecular formula is C35H31F3N2O6. The number of hydrogen-bond donors (Lipinski definition) is 2. The minimum Gasteiger partial charge on any atom is -0.489 e. The van der Waals surface area contributed by atoms with Crippen LogP contribution in [0.15, 0.2) is 97.1 Å². The Balaban J connectivity index is 1.26. The van der Waals surface area contributed by atoms with E-state index in [-0.39, 0.29) is 26.0 Å². The van der Waals surface area contributed by atoms with Gasteiger partial charge in [0.15, 0.2) is 0 Å². The molecule has 2 amide bonds. The van der Waals surface area contributed by atoms with Crippen molar-refractivity contribution in [1.82, 2.24) is 10.2 Å². The van der Waals surface area contributed by atoms with Gasteiger partial charge in [-0.05, 0) is 57.6 Å². The molecule has 46 heavy (non-hydrogen) atoms. The zero-order valence-electron chi connectivity index (χ0n) is 24.8. The van der Waals surface area contributed by atoms with Crippen molar-refractivity contribution < 1.29 is 42.1 Å². The van der Waals surface area contributed by atoms with Crippen LogP contribution >= 0.6 is 0 Å². The number of fused-ring (bicyclic) bond motifs is 1. The Hall–Kier alpha value is -5.32. The predicted molar refractivity (Wildman–Crippen MR) is 163 cm³/mol. The number of alkyl halides is 3. The van der Waals surface area contributed by atoms with Gasteiger partial charge >= 0.3 is 18.2 Å². The zero-order valence-corrected chi connectivity index (χ0v) is 24.8. The summed E-state index contributed by atoms with van der Waals surface area (Å²) < 4.78 is 49.3. The summed E-state index contributed by atoms with van der Waals surface area (Å²) in [4.78, 5) is 39.6. The number of rotatable bonds is 9. The molecule has 0 saturated heterocycles. The lowest BCUT2D eigenvalue weighted by atomic mass is 9.93. The molecule has 8 nitrogen and oxygen atoms in total. The number of carboxylic acid groups (broad SMARTS) is 1. The number of carbonyl (C=O) groups excluding carboxylic acids is 2. The monoisotopic (exact) mass is 632 g/mol. The minimum atomic E-state index is -4.43. The Bertz CT molecular complexity index is 1690. The summed E-state index contributed by atoms with van der Waals surface area (Å²) in [7, 11) is 1.19. The van der Waals surface area contributed by atoms with E-state index in [1.807, 2.05) is 54.6 Å². The fourth-order valence-electron chi connectivity index (χ4n) is 5.32. The second-order valence-corrected chi connectivity index (χ2v) is 10.9. The van der Waals surface area contributed by atoms with Crippen molar-refractivity contribution in [3.8, 4) is 16.9 Å². The van der Waals surface area contributed by atoms with E-state index in [9.17, 15) is 32.7 Å².